The zero-order valence-corrected chi connectivity index (χ0v) is 12.3. The number of rotatable bonds is 3. The third kappa shape index (κ3) is 2.53. The second kappa shape index (κ2) is 5.47. The van der Waals surface area contributed by atoms with Gasteiger partial charge in [-0.15, -0.1) is 10.2 Å². The number of pyridine rings is 1. The molecule has 21 heavy (non-hydrogen) atoms. The summed E-state index contributed by atoms with van der Waals surface area (Å²) < 4.78 is 1.82. The van der Waals surface area contributed by atoms with Crippen LogP contribution in [-0.2, 0) is 6.54 Å². The standard InChI is InChI=1S/C13H15N7S/c1-2-10(8-15-3-1)12-16-17-13-20(12)18-11(21-13)9-19-6-4-14-5-7-19/h1-3,8,14H,4-7,9H2. The van der Waals surface area contributed by atoms with Gasteiger partial charge in [-0.1, -0.05) is 11.3 Å². The molecule has 0 radical (unpaired) electrons. The van der Waals surface area contributed by atoms with Gasteiger partial charge in [-0.2, -0.15) is 9.61 Å². The van der Waals surface area contributed by atoms with E-state index < -0.39 is 0 Å². The number of nitrogens with zero attached hydrogens (tertiary/aromatic N) is 6. The zero-order chi connectivity index (χ0) is 14.1. The molecular formula is C13H15N7S. The lowest BCUT2D eigenvalue weighted by Crippen LogP contribution is -2.42. The van der Waals surface area contributed by atoms with Crippen LogP contribution in [0.5, 0.6) is 0 Å². The highest BCUT2D eigenvalue weighted by molar-refractivity contribution is 7.16. The van der Waals surface area contributed by atoms with Crippen molar-refractivity contribution in [3.63, 3.8) is 0 Å². The summed E-state index contributed by atoms with van der Waals surface area (Å²) in [6.45, 7) is 5.10. The first-order valence-corrected chi connectivity index (χ1v) is 7.76. The van der Waals surface area contributed by atoms with Crippen molar-refractivity contribution in [2.75, 3.05) is 26.2 Å². The van der Waals surface area contributed by atoms with Crippen LogP contribution in [0.25, 0.3) is 16.3 Å². The molecule has 1 aliphatic rings. The lowest BCUT2D eigenvalue weighted by molar-refractivity contribution is 0.232. The average Bonchev–Trinajstić information content (AvgIpc) is 3.09. The van der Waals surface area contributed by atoms with Gasteiger partial charge in [0, 0.05) is 44.1 Å². The van der Waals surface area contributed by atoms with E-state index in [0.29, 0.717) is 0 Å². The minimum absolute atomic E-state index is 0.751. The van der Waals surface area contributed by atoms with E-state index in [4.69, 9.17) is 0 Å². The molecule has 0 atom stereocenters. The van der Waals surface area contributed by atoms with Gasteiger partial charge in [-0.25, -0.2) is 0 Å². The Bertz CT molecular complexity index is 729. The van der Waals surface area contributed by atoms with Crippen LogP contribution in [0.2, 0.25) is 0 Å². The monoisotopic (exact) mass is 301 g/mol. The molecule has 1 fully saturated rings. The van der Waals surface area contributed by atoms with Crippen LogP contribution < -0.4 is 5.32 Å². The summed E-state index contributed by atoms with van der Waals surface area (Å²) >= 11 is 1.60. The van der Waals surface area contributed by atoms with Crippen molar-refractivity contribution >= 4 is 16.3 Å². The van der Waals surface area contributed by atoms with E-state index in [9.17, 15) is 0 Å². The van der Waals surface area contributed by atoms with Crippen LogP contribution in [0.1, 0.15) is 5.01 Å². The molecular weight excluding hydrogens is 286 g/mol. The molecule has 0 bridgehead atoms. The highest BCUT2D eigenvalue weighted by Gasteiger charge is 2.16. The van der Waals surface area contributed by atoms with E-state index in [1.807, 2.05) is 16.6 Å². The average molecular weight is 301 g/mol. The molecule has 108 valence electrons. The summed E-state index contributed by atoms with van der Waals surface area (Å²) in [5.74, 6) is 0.751. The highest BCUT2D eigenvalue weighted by atomic mass is 32.1. The van der Waals surface area contributed by atoms with E-state index in [1.165, 1.54) is 0 Å². The van der Waals surface area contributed by atoms with Gasteiger partial charge in [-0.05, 0) is 12.1 Å². The fourth-order valence-electron chi connectivity index (χ4n) is 2.46. The molecule has 3 aromatic rings. The maximum atomic E-state index is 4.66. The molecule has 0 unspecified atom stereocenters. The third-order valence-electron chi connectivity index (χ3n) is 3.52. The van der Waals surface area contributed by atoms with E-state index in [0.717, 1.165) is 54.1 Å². The fourth-order valence-corrected chi connectivity index (χ4v) is 3.33. The lowest BCUT2D eigenvalue weighted by atomic mass is 10.3. The summed E-state index contributed by atoms with van der Waals surface area (Å²) in [6.07, 6.45) is 3.53. The largest absolute Gasteiger partial charge is 0.314 e. The molecule has 1 N–H and O–H groups in total. The minimum Gasteiger partial charge on any atom is -0.314 e. The van der Waals surface area contributed by atoms with Gasteiger partial charge in [0.05, 0.1) is 6.54 Å². The molecule has 1 saturated heterocycles. The summed E-state index contributed by atoms with van der Waals surface area (Å²) in [5, 5.41) is 17.5. The molecule has 3 aromatic heterocycles. The Morgan fingerprint density at radius 1 is 1.24 bits per heavy atom. The highest BCUT2D eigenvalue weighted by Crippen LogP contribution is 2.21. The second-order valence-electron chi connectivity index (χ2n) is 4.98. The quantitative estimate of drug-likeness (QED) is 0.766. The van der Waals surface area contributed by atoms with Gasteiger partial charge < -0.3 is 5.32 Å². The van der Waals surface area contributed by atoms with Gasteiger partial charge in [-0.3, -0.25) is 9.88 Å². The van der Waals surface area contributed by atoms with Crippen LogP contribution >= 0.6 is 11.3 Å². The first-order chi connectivity index (χ1) is 10.4. The van der Waals surface area contributed by atoms with Gasteiger partial charge in [0.1, 0.15) is 5.01 Å². The number of hydrogen-bond acceptors (Lipinski definition) is 7. The predicted molar refractivity (Wildman–Crippen MR) is 80.0 cm³/mol. The summed E-state index contributed by atoms with van der Waals surface area (Å²) in [7, 11) is 0. The summed E-state index contributed by atoms with van der Waals surface area (Å²) in [4.78, 5) is 7.37. The Balaban J connectivity index is 1.63. The molecule has 0 saturated carbocycles. The number of piperazine rings is 1. The Labute approximate surface area is 125 Å². The lowest BCUT2D eigenvalue weighted by Gasteiger charge is -2.25. The molecule has 4 rings (SSSR count). The first kappa shape index (κ1) is 12.8. The fraction of sp³-hybridized carbons (Fsp3) is 0.385. The van der Waals surface area contributed by atoms with Crippen molar-refractivity contribution in [3.8, 4) is 11.4 Å². The Morgan fingerprint density at radius 2 is 2.14 bits per heavy atom. The molecule has 7 nitrogen and oxygen atoms in total. The topological polar surface area (TPSA) is 71.2 Å². The first-order valence-electron chi connectivity index (χ1n) is 6.95. The maximum absolute atomic E-state index is 4.66. The number of nitrogens with one attached hydrogen (secondary N) is 1. The molecule has 0 aliphatic carbocycles. The number of fused-ring (bicyclic) bond motifs is 1. The Hall–Kier alpha value is -1.90. The molecule has 0 amide bonds. The molecule has 0 aromatic carbocycles. The van der Waals surface area contributed by atoms with Crippen LogP contribution in [0.4, 0.5) is 0 Å². The van der Waals surface area contributed by atoms with Crippen LogP contribution in [0.3, 0.4) is 0 Å². The van der Waals surface area contributed by atoms with E-state index >= 15 is 0 Å². The minimum atomic E-state index is 0.751. The van der Waals surface area contributed by atoms with Gasteiger partial charge >= 0.3 is 0 Å². The van der Waals surface area contributed by atoms with Crippen molar-refractivity contribution in [1.82, 2.24) is 35.0 Å². The van der Waals surface area contributed by atoms with Crippen molar-refractivity contribution in [2.24, 2.45) is 0 Å². The van der Waals surface area contributed by atoms with Crippen molar-refractivity contribution in [1.29, 1.82) is 0 Å². The van der Waals surface area contributed by atoms with Crippen molar-refractivity contribution in [2.45, 2.75) is 6.54 Å². The number of hydrogen-bond donors (Lipinski definition) is 1. The molecule has 8 heteroatoms. The molecule has 0 spiro atoms. The second-order valence-corrected chi connectivity index (χ2v) is 6.02. The summed E-state index contributed by atoms with van der Waals surface area (Å²) in [6, 6.07) is 3.86. The van der Waals surface area contributed by atoms with Gasteiger partial charge in [0.2, 0.25) is 4.96 Å². The zero-order valence-electron chi connectivity index (χ0n) is 11.4. The Morgan fingerprint density at radius 3 is 2.95 bits per heavy atom. The normalized spacial score (nSPS) is 16.6. The Kier molecular flexibility index (Phi) is 3.34. The predicted octanol–water partition coefficient (Wildman–Crippen LogP) is 0.653. The molecule has 4 heterocycles. The van der Waals surface area contributed by atoms with E-state index in [2.05, 4.69) is 30.5 Å². The molecule has 1 aliphatic heterocycles. The maximum Gasteiger partial charge on any atom is 0.235 e. The van der Waals surface area contributed by atoms with Crippen molar-refractivity contribution in [3.05, 3.63) is 29.5 Å². The van der Waals surface area contributed by atoms with Crippen LogP contribution in [0.15, 0.2) is 24.5 Å². The SMILES string of the molecule is c1cncc(-c2nnc3sc(CN4CCNCC4)nn23)c1. The third-order valence-corrected chi connectivity index (χ3v) is 4.40. The van der Waals surface area contributed by atoms with Gasteiger partial charge in [0.15, 0.2) is 5.82 Å². The van der Waals surface area contributed by atoms with Crippen molar-refractivity contribution < 1.29 is 0 Å². The van der Waals surface area contributed by atoms with Gasteiger partial charge in [0.25, 0.3) is 0 Å². The van der Waals surface area contributed by atoms with Crippen LogP contribution in [-0.4, -0.2) is 55.9 Å². The van der Waals surface area contributed by atoms with Crippen LogP contribution in [0, 0.1) is 0 Å². The summed E-state index contributed by atoms with van der Waals surface area (Å²) in [5.41, 5.74) is 0.934. The van der Waals surface area contributed by atoms with E-state index in [1.54, 1.807) is 23.7 Å². The van der Waals surface area contributed by atoms with E-state index in [-0.39, 0.29) is 0 Å². The smallest absolute Gasteiger partial charge is 0.235 e. The number of aromatic nitrogens is 5.